The Morgan fingerprint density at radius 1 is 1.14 bits per heavy atom. The molecule has 7 nitrogen and oxygen atoms in total. The highest BCUT2D eigenvalue weighted by Gasteiger charge is 2.13. The Morgan fingerprint density at radius 2 is 1.93 bits per heavy atom. The average Bonchev–Trinajstić information content (AvgIpc) is 2.70. The second-order valence-corrected chi connectivity index (χ2v) is 6.66. The summed E-state index contributed by atoms with van der Waals surface area (Å²) in [5.41, 5.74) is 0.295. The fraction of sp³-hybridized carbons (Fsp3) is 0.150. The zero-order valence-corrected chi connectivity index (χ0v) is 16.7. The number of anilines is 1. The van der Waals surface area contributed by atoms with E-state index in [0.29, 0.717) is 17.2 Å². The molecule has 8 heteroatoms. The Bertz CT molecular complexity index is 1020. The summed E-state index contributed by atoms with van der Waals surface area (Å²) >= 11 is 3.36. The second-order valence-electron chi connectivity index (χ2n) is 5.74. The molecule has 0 saturated heterocycles. The molecule has 1 amide bonds. The average molecular weight is 444 g/mol. The molecule has 3 aromatic rings. The topological polar surface area (TPSA) is 82.5 Å². The predicted octanol–water partition coefficient (Wildman–Crippen LogP) is 3.35. The van der Waals surface area contributed by atoms with Crippen molar-refractivity contribution in [2.24, 2.45) is 0 Å². The number of hydrogen-bond acceptors (Lipinski definition) is 5. The molecule has 0 aliphatic rings. The standard InChI is InChI=1S/C20H18BrN3O4/c1-27-18-9-7-14(21)13-17(18)22-20(26)16-8-10-19(25)24(23-16)11-12-28-15-5-3-2-4-6-15/h2-10,13H,11-12H2,1H3,(H,22,26). The number of benzene rings is 2. The molecule has 2 aromatic carbocycles. The van der Waals surface area contributed by atoms with Crippen LogP contribution in [0, 0.1) is 0 Å². The summed E-state index contributed by atoms with van der Waals surface area (Å²) in [5, 5.41) is 6.88. The molecule has 0 spiro atoms. The molecule has 0 saturated carbocycles. The number of carbonyl (C=O) groups is 1. The van der Waals surface area contributed by atoms with E-state index in [4.69, 9.17) is 9.47 Å². The van der Waals surface area contributed by atoms with Crippen molar-refractivity contribution >= 4 is 27.5 Å². The summed E-state index contributed by atoms with van der Waals surface area (Å²) in [5.74, 6) is 0.765. The van der Waals surface area contributed by atoms with Crippen molar-refractivity contribution in [2.75, 3.05) is 19.0 Å². The van der Waals surface area contributed by atoms with Gasteiger partial charge in [-0.15, -0.1) is 0 Å². The van der Waals surface area contributed by atoms with Crippen molar-refractivity contribution in [3.8, 4) is 11.5 Å². The number of hydrogen-bond donors (Lipinski definition) is 1. The number of nitrogens with one attached hydrogen (secondary N) is 1. The lowest BCUT2D eigenvalue weighted by molar-refractivity contribution is 0.101. The summed E-state index contributed by atoms with van der Waals surface area (Å²) in [4.78, 5) is 24.6. The number of rotatable bonds is 7. The highest BCUT2D eigenvalue weighted by Crippen LogP contribution is 2.28. The molecule has 0 radical (unpaired) electrons. The molecule has 0 fully saturated rings. The summed E-state index contributed by atoms with van der Waals surface area (Å²) < 4.78 is 12.8. The van der Waals surface area contributed by atoms with Gasteiger partial charge in [0.1, 0.15) is 23.8 Å². The Morgan fingerprint density at radius 3 is 2.68 bits per heavy atom. The molecule has 28 heavy (non-hydrogen) atoms. The number of ether oxygens (including phenoxy) is 2. The fourth-order valence-electron chi connectivity index (χ4n) is 2.46. The first-order valence-electron chi connectivity index (χ1n) is 8.48. The van der Waals surface area contributed by atoms with Crippen molar-refractivity contribution in [3.63, 3.8) is 0 Å². The molecule has 144 valence electrons. The van der Waals surface area contributed by atoms with Crippen LogP contribution in [-0.4, -0.2) is 29.4 Å². The first-order valence-corrected chi connectivity index (χ1v) is 9.27. The summed E-state index contributed by atoms with van der Waals surface area (Å²) in [7, 11) is 1.52. The molecular formula is C20H18BrN3O4. The van der Waals surface area contributed by atoms with Gasteiger partial charge in [0.2, 0.25) is 0 Å². The second kappa shape index (κ2) is 9.18. The third kappa shape index (κ3) is 4.98. The zero-order valence-electron chi connectivity index (χ0n) is 15.1. The van der Waals surface area contributed by atoms with Gasteiger partial charge in [0.15, 0.2) is 0 Å². The van der Waals surface area contributed by atoms with E-state index in [-0.39, 0.29) is 24.4 Å². The highest BCUT2D eigenvalue weighted by molar-refractivity contribution is 9.10. The van der Waals surface area contributed by atoms with Gasteiger partial charge >= 0.3 is 0 Å². The summed E-state index contributed by atoms with van der Waals surface area (Å²) in [6, 6.07) is 17.2. The quantitative estimate of drug-likeness (QED) is 0.605. The minimum absolute atomic E-state index is 0.112. The number of para-hydroxylation sites is 1. The van der Waals surface area contributed by atoms with E-state index in [1.807, 2.05) is 30.3 Å². The van der Waals surface area contributed by atoms with E-state index in [9.17, 15) is 9.59 Å². The van der Waals surface area contributed by atoms with Crippen LogP contribution in [0.4, 0.5) is 5.69 Å². The third-order valence-electron chi connectivity index (χ3n) is 3.82. The highest BCUT2D eigenvalue weighted by atomic mass is 79.9. The number of nitrogens with zero attached hydrogens (tertiary/aromatic N) is 2. The minimum atomic E-state index is -0.450. The van der Waals surface area contributed by atoms with E-state index in [0.717, 1.165) is 4.47 Å². The lowest BCUT2D eigenvalue weighted by Crippen LogP contribution is -2.28. The van der Waals surface area contributed by atoms with Crippen molar-refractivity contribution in [2.45, 2.75) is 6.54 Å². The van der Waals surface area contributed by atoms with Crippen LogP contribution in [0.3, 0.4) is 0 Å². The van der Waals surface area contributed by atoms with Crippen molar-refractivity contribution in [1.29, 1.82) is 0 Å². The van der Waals surface area contributed by atoms with Gasteiger partial charge in [-0.1, -0.05) is 34.1 Å². The largest absolute Gasteiger partial charge is 0.495 e. The van der Waals surface area contributed by atoms with Crippen molar-refractivity contribution < 1.29 is 14.3 Å². The van der Waals surface area contributed by atoms with Crippen molar-refractivity contribution in [3.05, 3.63) is 81.2 Å². The lowest BCUT2D eigenvalue weighted by atomic mass is 10.2. The smallest absolute Gasteiger partial charge is 0.276 e. The Labute approximate surface area is 170 Å². The SMILES string of the molecule is COc1ccc(Br)cc1NC(=O)c1ccc(=O)n(CCOc2ccccc2)n1. The van der Waals surface area contributed by atoms with E-state index < -0.39 is 5.91 Å². The number of amides is 1. The molecule has 0 bridgehead atoms. The van der Waals surface area contributed by atoms with Crippen LogP contribution in [0.1, 0.15) is 10.5 Å². The Hall–Kier alpha value is -3.13. The normalized spacial score (nSPS) is 10.4. The number of carbonyl (C=O) groups excluding carboxylic acids is 1. The van der Waals surface area contributed by atoms with E-state index in [1.165, 1.54) is 23.9 Å². The molecule has 0 unspecified atom stereocenters. The van der Waals surface area contributed by atoms with Gasteiger partial charge in [-0.3, -0.25) is 9.59 Å². The van der Waals surface area contributed by atoms with Crippen LogP contribution in [0.2, 0.25) is 0 Å². The molecular weight excluding hydrogens is 426 g/mol. The van der Waals surface area contributed by atoms with Crippen LogP contribution in [-0.2, 0) is 6.54 Å². The minimum Gasteiger partial charge on any atom is -0.495 e. The van der Waals surface area contributed by atoms with Gasteiger partial charge in [0, 0.05) is 10.5 Å². The number of aromatic nitrogens is 2. The van der Waals surface area contributed by atoms with Crippen LogP contribution in [0.25, 0.3) is 0 Å². The monoisotopic (exact) mass is 443 g/mol. The summed E-state index contributed by atoms with van der Waals surface area (Å²) in [6.45, 7) is 0.469. The van der Waals surface area contributed by atoms with Gasteiger partial charge in [-0.25, -0.2) is 4.68 Å². The van der Waals surface area contributed by atoms with Crippen molar-refractivity contribution in [1.82, 2.24) is 9.78 Å². The molecule has 1 N–H and O–H groups in total. The van der Waals surface area contributed by atoms with Crippen LogP contribution >= 0.6 is 15.9 Å². The van der Waals surface area contributed by atoms with Crippen LogP contribution in [0.15, 0.2) is 69.9 Å². The Kier molecular flexibility index (Phi) is 6.44. The number of methoxy groups -OCH3 is 1. The van der Waals surface area contributed by atoms with Crippen LogP contribution in [0.5, 0.6) is 11.5 Å². The third-order valence-corrected chi connectivity index (χ3v) is 4.32. The Balaban J connectivity index is 1.71. The molecule has 1 aromatic heterocycles. The maximum absolute atomic E-state index is 12.6. The zero-order chi connectivity index (χ0) is 19.9. The maximum atomic E-state index is 12.6. The van der Waals surface area contributed by atoms with E-state index >= 15 is 0 Å². The predicted molar refractivity (Wildman–Crippen MR) is 109 cm³/mol. The first kappa shape index (κ1) is 19.6. The molecule has 3 rings (SSSR count). The van der Waals surface area contributed by atoms with Gasteiger partial charge in [0.25, 0.3) is 11.5 Å². The maximum Gasteiger partial charge on any atom is 0.276 e. The van der Waals surface area contributed by atoms with Gasteiger partial charge in [0.05, 0.1) is 19.3 Å². The van der Waals surface area contributed by atoms with E-state index in [1.54, 1.807) is 18.2 Å². The molecule has 1 heterocycles. The van der Waals surface area contributed by atoms with Gasteiger partial charge < -0.3 is 14.8 Å². The molecule has 0 atom stereocenters. The fourth-order valence-corrected chi connectivity index (χ4v) is 2.82. The lowest BCUT2D eigenvalue weighted by Gasteiger charge is -2.11. The number of halogens is 1. The first-order chi connectivity index (χ1) is 13.6. The molecule has 0 aliphatic heterocycles. The summed E-state index contributed by atoms with van der Waals surface area (Å²) in [6.07, 6.45) is 0. The van der Waals surface area contributed by atoms with E-state index in [2.05, 4.69) is 26.3 Å². The van der Waals surface area contributed by atoms with Gasteiger partial charge in [-0.05, 0) is 36.4 Å². The van der Waals surface area contributed by atoms with Gasteiger partial charge in [-0.2, -0.15) is 5.10 Å². The van der Waals surface area contributed by atoms with Crippen LogP contribution < -0.4 is 20.3 Å². The molecule has 0 aliphatic carbocycles.